The highest BCUT2D eigenvalue weighted by atomic mass is 16.3. The Bertz CT molecular complexity index is 5090. The van der Waals surface area contributed by atoms with Crippen LogP contribution < -0.4 is 0 Å². The van der Waals surface area contributed by atoms with Gasteiger partial charge >= 0.3 is 0 Å². The summed E-state index contributed by atoms with van der Waals surface area (Å²) in [6.45, 7) is 7.10. The first-order chi connectivity index (χ1) is 40.1. The monoisotopic (exact) mass is 1060 g/mol. The van der Waals surface area contributed by atoms with Crippen LogP contribution in [0, 0.1) is 51.7 Å². The Labute approximate surface area is 475 Å². The summed E-state index contributed by atoms with van der Waals surface area (Å²) in [6, 6.07) is 42.5. The summed E-state index contributed by atoms with van der Waals surface area (Å²) in [5, 5.41) is 32.9. The van der Waals surface area contributed by atoms with Crippen molar-refractivity contribution in [3.05, 3.63) is 158 Å². The van der Waals surface area contributed by atoms with E-state index in [4.69, 9.17) is 8.83 Å². The van der Waals surface area contributed by atoms with Gasteiger partial charge in [-0.2, -0.15) is 10.5 Å². The van der Waals surface area contributed by atoms with E-state index in [2.05, 4.69) is 134 Å². The number of furan rings is 2. The highest BCUT2D eigenvalue weighted by Crippen LogP contribution is 2.77. The topological polar surface area (TPSA) is 78.3 Å². The maximum atomic E-state index is 11.7. The lowest BCUT2D eigenvalue weighted by Gasteiger charge is -2.48. The van der Waals surface area contributed by atoms with Crippen LogP contribution in [0.4, 0.5) is 0 Å². The van der Waals surface area contributed by atoms with Crippen molar-refractivity contribution in [1.82, 2.24) is 4.40 Å². The van der Waals surface area contributed by atoms with Crippen molar-refractivity contribution in [2.24, 2.45) is 29.1 Å². The average Bonchev–Trinajstić information content (AvgIpc) is 2.56. The number of nitrogens with zero attached hydrogens (tertiary/aromatic N) is 3. The molecule has 82 heavy (non-hydrogen) atoms. The molecular weight excluding hydrogens is 999 g/mol. The maximum absolute atomic E-state index is 11.7. The van der Waals surface area contributed by atoms with Crippen molar-refractivity contribution in [2.45, 2.75) is 140 Å². The van der Waals surface area contributed by atoms with Gasteiger partial charge in [-0.15, -0.1) is 0 Å². The van der Waals surface area contributed by atoms with E-state index >= 15 is 0 Å². The smallest absolute Gasteiger partial charge is 0.153 e. The lowest BCUT2D eigenvalue weighted by molar-refractivity contribution is 0.00322. The first-order valence-corrected chi connectivity index (χ1v) is 31.4. The molecule has 10 aliphatic rings. The summed E-state index contributed by atoms with van der Waals surface area (Å²) < 4.78 is 17.9. The first-order valence-electron chi connectivity index (χ1n) is 31.4. The number of fused-ring (bicyclic) bond motifs is 22. The molecule has 0 amide bonds. The average molecular weight is 1060 g/mol. The predicted octanol–water partition coefficient (Wildman–Crippen LogP) is 19.7. The molecule has 5 fully saturated rings. The summed E-state index contributed by atoms with van der Waals surface area (Å²) in [4.78, 5) is 0. The van der Waals surface area contributed by atoms with E-state index in [1.165, 1.54) is 185 Å². The van der Waals surface area contributed by atoms with Gasteiger partial charge < -0.3 is 13.2 Å². The normalized spacial score (nSPS) is 26.8. The van der Waals surface area contributed by atoms with Crippen LogP contribution in [-0.4, -0.2) is 4.40 Å². The van der Waals surface area contributed by atoms with Gasteiger partial charge in [-0.25, -0.2) is 0 Å². The molecule has 1 spiro atoms. The van der Waals surface area contributed by atoms with Gasteiger partial charge in [0.05, 0.1) is 27.7 Å². The zero-order valence-electron chi connectivity index (χ0n) is 46.9. The van der Waals surface area contributed by atoms with Gasteiger partial charge in [-0.1, -0.05) is 93.6 Å². The fourth-order valence-corrected chi connectivity index (χ4v) is 21.7. The molecule has 0 aliphatic heterocycles. The number of hydrogen-bond donors (Lipinski definition) is 0. The van der Waals surface area contributed by atoms with Crippen LogP contribution in [0.15, 0.2) is 106 Å². The third-order valence-corrected chi connectivity index (χ3v) is 24.6. The zero-order valence-corrected chi connectivity index (χ0v) is 46.9. The minimum atomic E-state index is 0.0244. The van der Waals surface area contributed by atoms with E-state index in [-0.39, 0.29) is 5.41 Å². The molecular formula is C77H61N3O2. The van der Waals surface area contributed by atoms with Gasteiger partial charge in [0, 0.05) is 54.2 Å². The Morgan fingerprint density at radius 2 is 1.00 bits per heavy atom. The minimum Gasteiger partial charge on any atom is -0.454 e. The van der Waals surface area contributed by atoms with Gasteiger partial charge in [0.25, 0.3) is 0 Å². The Kier molecular flexibility index (Phi) is 8.00. The second-order valence-electron chi connectivity index (χ2n) is 29.1. The summed E-state index contributed by atoms with van der Waals surface area (Å²) in [7, 11) is 0. The molecule has 0 N–H and O–H groups in total. The number of hydrogen-bond acceptors (Lipinski definition) is 4. The number of aryl methyl sites for hydroxylation is 4. The molecule has 7 atom stereocenters. The standard InChI is InChI=1S/C77H61N3O2/c1-76(2,3)48-23-40-14-16-51-62-52(17-15-41(24-48)59(40)62)64-68-58(28-47(35-79)73-70(68)66-54(39-12-8-5-9-13-39)31-56-44-25-49-29-50-26-45(33-77(49,50)32-44)61(56)75(66)82-73)80-57-27-46(34-78)72-69(67(57)63(51)71(64)80)65-53(38-10-6-4-7-11-38)30-55-42-19-36-18-37(20-42)22-43(21-36)60(55)74(65)81-72/h4-13,23-24,27-28,30-31,36-37,42-45,49-50H,14-22,25-26,29,32-33H2,1-3H3. The van der Waals surface area contributed by atoms with E-state index < -0.39 is 0 Å². The molecule has 7 unspecified atom stereocenters. The number of aromatic nitrogens is 1. The summed E-state index contributed by atoms with van der Waals surface area (Å²) in [5.74, 6) is 5.14. The number of nitriles is 2. The lowest BCUT2D eigenvalue weighted by atomic mass is 9.56. The fourth-order valence-electron chi connectivity index (χ4n) is 21.7. The van der Waals surface area contributed by atoms with Crippen molar-refractivity contribution in [3.8, 4) is 45.5 Å². The molecule has 7 bridgehead atoms. The molecule has 5 saturated carbocycles. The van der Waals surface area contributed by atoms with E-state index in [9.17, 15) is 10.5 Å². The van der Waals surface area contributed by atoms with E-state index in [1.54, 1.807) is 0 Å². The third kappa shape index (κ3) is 5.15. The molecule has 12 aromatic rings. The lowest BCUT2D eigenvalue weighted by Crippen LogP contribution is -2.41. The van der Waals surface area contributed by atoms with Crippen molar-refractivity contribution >= 4 is 82.0 Å². The molecule has 5 heteroatoms. The van der Waals surface area contributed by atoms with Crippen LogP contribution in [0.2, 0.25) is 0 Å². The largest absolute Gasteiger partial charge is 0.454 e. The summed E-state index contributed by atoms with van der Waals surface area (Å²) in [5.41, 5.74) is 29.3. The van der Waals surface area contributed by atoms with Gasteiger partial charge in [0.2, 0.25) is 0 Å². The number of rotatable bonds is 2. The quantitative estimate of drug-likeness (QED) is 0.173. The van der Waals surface area contributed by atoms with Crippen LogP contribution in [0.25, 0.3) is 115 Å². The molecule has 0 saturated heterocycles. The molecule has 0 radical (unpaired) electrons. The molecule has 396 valence electrons. The molecule has 8 aromatic carbocycles. The van der Waals surface area contributed by atoms with Crippen molar-refractivity contribution in [3.63, 3.8) is 0 Å². The minimum absolute atomic E-state index is 0.0244. The van der Waals surface area contributed by atoms with Crippen molar-refractivity contribution in [1.29, 1.82) is 10.5 Å². The van der Waals surface area contributed by atoms with Crippen LogP contribution in [0.3, 0.4) is 0 Å². The Hall–Kier alpha value is -7.86. The highest BCUT2D eigenvalue weighted by Gasteiger charge is 2.66. The molecule has 5 nitrogen and oxygen atoms in total. The van der Waals surface area contributed by atoms with Crippen LogP contribution >= 0.6 is 0 Å². The van der Waals surface area contributed by atoms with Crippen LogP contribution in [0.5, 0.6) is 0 Å². The van der Waals surface area contributed by atoms with Gasteiger partial charge in [0.15, 0.2) is 11.2 Å². The summed E-state index contributed by atoms with van der Waals surface area (Å²) >= 11 is 0. The second kappa shape index (κ2) is 14.7. The van der Waals surface area contributed by atoms with Crippen LogP contribution in [-0.2, 0) is 31.1 Å². The Morgan fingerprint density at radius 1 is 0.488 bits per heavy atom. The fraction of sp³-hybridized carbons (Fsp3) is 0.351. The van der Waals surface area contributed by atoms with E-state index in [0.717, 1.165) is 93.5 Å². The molecule has 22 rings (SSSR count). The van der Waals surface area contributed by atoms with Gasteiger partial charge in [-0.3, -0.25) is 0 Å². The Balaban J connectivity index is 0.988. The van der Waals surface area contributed by atoms with Crippen molar-refractivity contribution < 1.29 is 8.83 Å². The molecule has 4 heterocycles. The van der Waals surface area contributed by atoms with E-state index in [1.807, 2.05) is 0 Å². The number of benzene rings is 8. The van der Waals surface area contributed by atoms with Gasteiger partial charge in [0.1, 0.15) is 23.3 Å². The van der Waals surface area contributed by atoms with Crippen LogP contribution in [0.1, 0.15) is 170 Å². The molecule has 10 aliphatic carbocycles. The predicted molar refractivity (Wildman–Crippen MR) is 328 cm³/mol. The third-order valence-electron chi connectivity index (χ3n) is 24.6. The zero-order chi connectivity index (χ0) is 53.7. The highest BCUT2D eigenvalue weighted by molar-refractivity contribution is 6.40. The first kappa shape index (κ1) is 44.8. The SMILES string of the molecule is CC(C)(C)c1cc2c3c(c1)CCc1c-3c(c3c4c5c(oc6c7c(cc(-c8ccccc8)c65)C5CC6CC(C5)CC7C6)c(C#N)cc4n4c5cc(C#N)c6oc7c8c(cc(-c9ccccc9)c7c6c5c1c34)C1CC3CC4CC8CC34C1)CC2. The summed E-state index contributed by atoms with van der Waals surface area (Å²) in [6.07, 6.45) is 16.6. The maximum Gasteiger partial charge on any atom is 0.153 e. The van der Waals surface area contributed by atoms with Gasteiger partial charge in [-0.05, 0) is 245 Å². The second-order valence-corrected chi connectivity index (χ2v) is 29.1. The molecule has 4 aromatic heterocycles. The van der Waals surface area contributed by atoms with E-state index in [0.29, 0.717) is 40.2 Å². The van der Waals surface area contributed by atoms with Crippen molar-refractivity contribution in [2.75, 3.05) is 0 Å². The Morgan fingerprint density at radius 3 is 1.55 bits per heavy atom.